The molecule has 4 rings (SSSR count). The topological polar surface area (TPSA) is 59.5 Å². The Balaban J connectivity index is 1.67. The zero-order chi connectivity index (χ0) is 14.9. The van der Waals surface area contributed by atoms with Crippen LogP contribution in [0.2, 0.25) is 0 Å². The van der Waals surface area contributed by atoms with Crippen LogP contribution in [0.4, 0.5) is 5.69 Å². The Kier molecular flexibility index (Phi) is 3.01. The summed E-state index contributed by atoms with van der Waals surface area (Å²) in [5.41, 5.74) is 2.80. The molecule has 4 aromatic heterocycles. The average Bonchev–Trinajstić information content (AvgIpc) is 3.27. The summed E-state index contributed by atoms with van der Waals surface area (Å²) >= 11 is 1.53. The summed E-state index contributed by atoms with van der Waals surface area (Å²) in [5, 5.41) is 6.61. The van der Waals surface area contributed by atoms with E-state index in [0.717, 1.165) is 17.0 Å². The third-order valence-electron chi connectivity index (χ3n) is 3.27. The van der Waals surface area contributed by atoms with Crippen molar-refractivity contribution in [2.75, 3.05) is 5.32 Å². The number of amides is 1. The van der Waals surface area contributed by atoms with Crippen molar-refractivity contribution in [3.05, 3.63) is 65.4 Å². The first-order valence-electron chi connectivity index (χ1n) is 6.66. The average molecular weight is 309 g/mol. The van der Waals surface area contributed by atoms with Gasteiger partial charge in [-0.2, -0.15) is 11.3 Å². The molecule has 0 aliphatic carbocycles. The number of aromatic nitrogens is 2. The first kappa shape index (κ1) is 12.8. The number of thiophene rings is 1. The Bertz CT molecular complexity index is 924. The molecule has 0 radical (unpaired) electrons. The van der Waals surface area contributed by atoms with Crippen LogP contribution in [0.3, 0.4) is 0 Å². The Labute approximate surface area is 129 Å². The van der Waals surface area contributed by atoms with Crippen molar-refractivity contribution in [1.29, 1.82) is 0 Å². The largest absolute Gasteiger partial charge is 0.464 e. The summed E-state index contributed by atoms with van der Waals surface area (Å²) in [5.74, 6) is 0.557. The van der Waals surface area contributed by atoms with Crippen LogP contribution in [-0.4, -0.2) is 15.3 Å². The molecule has 0 saturated heterocycles. The molecule has 1 amide bonds. The Morgan fingerprint density at radius 2 is 2.18 bits per heavy atom. The monoisotopic (exact) mass is 309 g/mol. The fourth-order valence-electron chi connectivity index (χ4n) is 2.22. The summed E-state index contributed by atoms with van der Waals surface area (Å²) in [4.78, 5) is 16.5. The van der Waals surface area contributed by atoms with Gasteiger partial charge in [-0.1, -0.05) is 0 Å². The second kappa shape index (κ2) is 5.16. The highest BCUT2D eigenvalue weighted by Gasteiger charge is 2.12. The highest BCUT2D eigenvalue weighted by atomic mass is 32.1. The maximum absolute atomic E-state index is 12.2. The summed E-state index contributed by atoms with van der Waals surface area (Å²) in [7, 11) is 0. The van der Waals surface area contributed by atoms with Crippen molar-refractivity contribution in [1.82, 2.24) is 9.38 Å². The summed E-state index contributed by atoms with van der Waals surface area (Å²) in [6, 6.07) is 9.36. The van der Waals surface area contributed by atoms with Gasteiger partial charge in [0.25, 0.3) is 5.91 Å². The minimum atomic E-state index is -0.221. The first-order chi connectivity index (χ1) is 10.8. The number of rotatable bonds is 3. The molecule has 5 nitrogen and oxygen atoms in total. The number of hydrogen-bond acceptors (Lipinski definition) is 4. The van der Waals surface area contributed by atoms with Crippen molar-refractivity contribution >= 4 is 28.6 Å². The van der Waals surface area contributed by atoms with Crippen molar-refractivity contribution in [3.8, 4) is 11.3 Å². The fraction of sp³-hybridized carbons (Fsp3) is 0. The maximum atomic E-state index is 12.2. The molecule has 0 spiro atoms. The third kappa shape index (κ3) is 2.29. The minimum Gasteiger partial charge on any atom is -0.464 e. The van der Waals surface area contributed by atoms with Crippen molar-refractivity contribution in [2.24, 2.45) is 0 Å². The molecule has 22 heavy (non-hydrogen) atoms. The second-order valence-corrected chi connectivity index (χ2v) is 5.53. The van der Waals surface area contributed by atoms with Gasteiger partial charge in [-0.05, 0) is 35.7 Å². The smallest absolute Gasteiger partial charge is 0.275 e. The van der Waals surface area contributed by atoms with Crippen LogP contribution >= 0.6 is 11.3 Å². The molecule has 1 N–H and O–H groups in total. The van der Waals surface area contributed by atoms with Crippen LogP contribution in [0.5, 0.6) is 0 Å². The van der Waals surface area contributed by atoms with Crippen LogP contribution in [0.25, 0.3) is 17.0 Å². The first-order valence-corrected chi connectivity index (χ1v) is 7.60. The Morgan fingerprint density at radius 3 is 2.95 bits per heavy atom. The predicted molar refractivity (Wildman–Crippen MR) is 85.2 cm³/mol. The highest BCUT2D eigenvalue weighted by molar-refractivity contribution is 7.08. The van der Waals surface area contributed by atoms with E-state index >= 15 is 0 Å². The second-order valence-electron chi connectivity index (χ2n) is 4.75. The lowest BCUT2D eigenvalue weighted by atomic mass is 10.2. The zero-order valence-electron chi connectivity index (χ0n) is 11.4. The van der Waals surface area contributed by atoms with E-state index in [0.29, 0.717) is 11.3 Å². The summed E-state index contributed by atoms with van der Waals surface area (Å²) in [6.07, 6.45) is 5.24. The molecule has 0 fully saturated rings. The molecular formula is C16H11N3O2S. The molecule has 0 aliphatic rings. The van der Waals surface area contributed by atoms with E-state index in [9.17, 15) is 4.79 Å². The van der Waals surface area contributed by atoms with Gasteiger partial charge < -0.3 is 14.1 Å². The Morgan fingerprint density at radius 1 is 1.23 bits per heavy atom. The summed E-state index contributed by atoms with van der Waals surface area (Å²) in [6.45, 7) is 0. The van der Waals surface area contributed by atoms with E-state index in [1.54, 1.807) is 12.5 Å². The molecule has 0 aromatic carbocycles. The van der Waals surface area contributed by atoms with E-state index in [-0.39, 0.29) is 5.91 Å². The lowest BCUT2D eigenvalue weighted by molar-refractivity contribution is 0.102. The SMILES string of the molecule is O=C(Nc1ccsc1)c1cn2cc(-c3ccco3)ccc2n1. The fourth-order valence-corrected chi connectivity index (χ4v) is 2.81. The number of hydrogen-bond donors (Lipinski definition) is 1. The number of furan rings is 1. The zero-order valence-corrected chi connectivity index (χ0v) is 12.2. The lowest BCUT2D eigenvalue weighted by Gasteiger charge is -1.98. The maximum Gasteiger partial charge on any atom is 0.275 e. The number of fused-ring (bicyclic) bond motifs is 1. The van der Waals surface area contributed by atoms with Gasteiger partial charge in [0.1, 0.15) is 17.1 Å². The van der Waals surface area contributed by atoms with Gasteiger partial charge in [0.2, 0.25) is 0 Å². The van der Waals surface area contributed by atoms with E-state index in [1.807, 2.05) is 51.7 Å². The van der Waals surface area contributed by atoms with E-state index in [1.165, 1.54) is 11.3 Å². The van der Waals surface area contributed by atoms with E-state index < -0.39 is 0 Å². The van der Waals surface area contributed by atoms with Crippen LogP contribution < -0.4 is 5.32 Å². The van der Waals surface area contributed by atoms with E-state index in [4.69, 9.17) is 4.42 Å². The van der Waals surface area contributed by atoms with Crippen molar-refractivity contribution in [3.63, 3.8) is 0 Å². The molecule has 6 heteroatoms. The predicted octanol–water partition coefficient (Wildman–Crippen LogP) is 3.91. The molecule has 4 aromatic rings. The van der Waals surface area contributed by atoms with Crippen LogP contribution in [-0.2, 0) is 0 Å². The van der Waals surface area contributed by atoms with Gasteiger partial charge in [0.05, 0.1) is 12.0 Å². The number of anilines is 1. The highest BCUT2D eigenvalue weighted by Crippen LogP contribution is 2.21. The number of carbonyl (C=O) groups is 1. The Hall–Kier alpha value is -2.86. The van der Waals surface area contributed by atoms with Crippen molar-refractivity contribution < 1.29 is 9.21 Å². The summed E-state index contributed by atoms with van der Waals surface area (Å²) < 4.78 is 7.20. The molecule has 108 valence electrons. The molecule has 0 aliphatic heterocycles. The molecule has 0 unspecified atom stereocenters. The van der Waals surface area contributed by atoms with Gasteiger partial charge in [-0.3, -0.25) is 4.79 Å². The third-order valence-corrected chi connectivity index (χ3v) is 3.95. The number of carbonyl (C=O) groups excluding carboxylic acids is 1. The molecular weight excluding hydrogens is 298 g/mol. The number of imidazole rings is 1. The van der Waals surface area contributed by atoms with Gasteiger partial charge in [-0.15, -0.1) is 0 Å². The van der Waals surface area contributed by atoms with E-state index in [2.05, 4.69) is 10.3 Å². The van der Waals surface area contributed by atoms with Crippen LogP contribution in [0.1, 0.15) is 10.5 Å². The lowest BCUT2D eigenvalue weighted by Crippen LogP contribution is -2.11. The molecule has 0 atom stereocenters. The van der Waals surface area contributed by atoms with Crippen molar-refractivity contribution in [2.45, 2.75) is 0 Å². The number of nitrogens with one attached hydrogen (secondary N) is 1. The molecule has 0 bridgehead atoms. The van der Waals surface area contributed by atoms with Gasteiger partial charge in [-0.25, -0.2) is 4.98 Å². The standard InChI is InChI=1S/C16H11N3O2S/c20-16(17-12-5-7-22-10-12)13-9-19-8-11(3-4-15(19)18-13)14-2-1-6-21-14/h1-10H,(H,17,20). The van der Waals surface area contributed by atoms with Gasteiger partial charge >= 0.3 is 0 Å². The van der Waals surface area contributed by atoms with Gasteiger partial charge in [0.15, 0.2) is 0 Å². The quantitative estimate of drug-likeness (QED) is 0.624. The normalized spacial score (nSPS) is 10.9. The molecule has 0 saturated carbocycles. The number of pyridine rings is 1. The van der Waals surface area contributed by atoms with Gasteiger partial charge in [0, 0.05) is 23.3 Å². The van der Waals surface area contributed by atoms with Crippen LogP contribution in [0, 0.1) is 0 Å². The minimum absolute atomic E-state index is 0.221. The molecule has 4 heterocycles. The van der Waals surface area contributed by atoms with Crippen LogP contribution in [0.15, 0.2) is 64.2 Å². The number of nitrogens with zero attached hydrogens (tertiary/aromatic N) is 2.